The lowest BCUT2D eigenvalue weighted by Crippen LogP contribution is -2.37. The van der Waals surface area contributed by atoms with Gasteiger partial charge in [0.25, 0.3) is 0 Å². The second kappa shape index (κ2) is 9.37. The summed E-state index contributed by atoms with van der Waals surface area (Å²) in [6.07, 6.45) is -0.889. The van der Waals surface area contributed by atoms with Crippen LogP contribution < -0.4 is 11.1 Å². The van der Waals surface area contributed by atoms with E-state index in [9.17, 15) is 14.3 Å². The van der Waals surface area contributed by atoms with Gasteiger partial charge in [-0.1, -0.05) is 49.4 Å². The van der Waals surface area contributed by atoms with Crippen molar-refractivity contribution in [2.75, 3.05) is 6.54 Å². The average molecular weight is 353 g/mol. The van der Waals surface area contributed by atoms with Crippen LogP contribution in [0.15, 0.2) is 54.6 Å². The van der Waals surface area contributed by atoms with E-state index in [2.05, 4.69) is 5.32 Å². The van der Waals surface area contributed by atoms with Crippen LogP contribution in [0.1, 0.15) is 30.2 Å². The Morgan fingerprint density at radius 2 is 1.71 bits per heavy atom. The van der Waals surface area contributed by atoms with E-state index in [4.69, 9.17) is 5.73 Å². The number of benzene rings is 2. The smallest absolute Gasteiger partial charge is 0.224 e. The molecule has 2 aromatic carbocycles. The molecule has 0 fully saturated rings. The predicted octanol–water partition coefficient (Wildman–Crippen LogP) is 2.73. The van der Waals surface area contributed by atoms with Gasteiger partial charge in [-0.25, -0.2) is 4.39 Å². The van der Waals surface area contributed by atoms with Gasteiger partial charge >= 0.3 is 0 Å². The Morgan fingerprint density at radius 1 is 1.12 bits per heavy atom. The second-order valence-electron chi connectivity index (χ2n) is 5.54. The molecular weight excluding hydrogens is 331 g/mol. The molecule has 0 radical (unpaired) electrons. The van der Waals surface area contributed by atoms with Gasteiger partial charge in [0, 0.05) is 12.6 Å². The quantitative estimate of drug-likeness (QED) is 0.748. The number of nitrogens with two attached hydrogens (primary N) is 1. The number of amides is 1. The van der Waals surface area contributed by atoms with E-state index in [1.165, 1.54) is 24.3 Å². The summed E-state index contributed by atoms with van der Waals surface area (Å²) in [5, 5.41) is 12.7. The molecule has 0 saturated heterocycles. The van der Waals surface area contributed by atoms with Crippen molar-refractivity contribution in [1.82, 2.24) is 5.32 Å². The number of carbonyl (C=O) groups is 1. The van der Waals surface area contributed by atoms with Gasteiger partial charge < -0.3 is 16.2 Å². The molecule has 3 atom stereocenters. The Balaban J connectivity index is 0.00000288. The SMILES string of the molecule is CC(C(=O)NCC(O)c1ccc(F)cc1)C(N)c1ccccc1.Cl. The molecule has 4 N–H and O–H groups in total. The number of hydrogen-bond acceptors (Lipinski definition) is 3. The minimum Gasteiger partial charge on any atom is -0.387 e. The lowest BCUT2D eigenvalue weighted by atomic mass is 9.94. The van der Waals surface area contributed by atoms with Crippen LogP contribution in [0.3, 0.4) is 0 Å². The summed E-state index contributed by atoms with van der Waals surface area (Å²) in [6.45, 7) is 1.80. The molecule has 2 aromatic rings. The highest BCUT2D eigenvalue weighted by atomic mass is 35.5. The number of aliphatic hydroxyl groups is 1. The van der Waals surface area contributed by atoms with E-state index in [1.807, 2.05) is 30.3 Å². The molecule has 0 bridgehead atoms. The Morgan fingerprint density at radius 3 is 2.29 bits per heavy atom. The maximum Gasteiger partial charge on any atom is 0.224 e. The number of carbonyl (C=O) groups excluding carboxylic acids is 1. The van der Waals surface area contributed by atoms with Gasteiger partial charge in [-0.2, -0.15) is 0 Å². The summed E-state index contributed by atoms with van der Waals surface area (Å²) in [7, 11) is 0. The van der Waals surface area contributed by atoms with Gasteiger partial charge in [0.15, 0.2) is 0 Å². The molecule has 1 amide bonds. The van der Waals surface area contributed by atoms with Gasteiger partial charge in [-0.15, -0.1) is 12.4 Å². The van der Waals surface area contributed by atoms with Crippen molar-refractivity contribution < 1.29 is 14.3 Å². The maximum absolute atomic E-state index is 12.9. The number of nitrogens with one attached hydrogen (secondary N) is 1. The van der Waals surface area contributed by atoms with E-state index in [-0.39, 0.29) is 30.7 Å². The molecule has 130 valence electrons. The first kappa shape index (κ1) is 20.1. The van der Waals surface area contributed by atoms with Crippen LogP contribution >= 0.6 is 12.4 Å². The van der Waals surface area contributed by atoms with Crippen molar-refractivity contribution >= 4 is 18.3 Å². The Kier molecular flexibility index (Phi) is 7.85. The summed E-state index contributed by atoms with van der Waals surface area (Å²) in [4.78, 5) is 12.2. The van der Waals surface area contributed by atoms with Gasteiger partial charge in [0.05, 0.1) is 12.0 Å². The zero-order valence-electron chi connectivity index (χ0n) is 13.4. The topological polar surface area (TPSA) is 75.3 Å². The van der Waals surface area contributed by atoms with E-state index < -0.39 is 18.1 Å². The number of aliphatic hydroxyl groups excluding tert-OH is 1. The fourth-order valence-corrected chi connectivity index (χ4v) is 2.29. The summed E-state index contributed by atoms with van der Waals surface area (Å²) < 4.78 is 12.9. The van der Waals surface area contributed by atoms with Crippen LogP contribution in [0.2, 0.25) is 0 Å². The normalized spacial score (nSPS) is 14.2. The minimum absolute atomic E-state index is 0. The zero-order chi connectivity index (χ0) is 16.8. The molecular formula is C18H22ClFN2O2. The first-order chi connectivity index (χ1) is 11.0. The first-order valence-electron chi connectivity index (χ1n) is 7.51. The molecule has 0 heterocycles. The molecule has 4 nitrogen and oxygen atoms in total. The Labute approximate surface area is 147 Å². The lowest BCUT2D eigenvalue weighted by Gasteiger charge is -2.21. The van der Waals surface area contributed by atoms with Crippen LogP contribution in [0.5, 0.6) is 0 Å². The fraction of sp³-hybridized carbons (Fsp3) is 0.278. The standard InChI is InChI=1S/C18H21FN2O2.ClH/c1-12(17(20)14-5-3-2-4-6-14)18(23)21-11-16(22)13-7-9-15(19)10-8-13;/h2-10,12,16-17,22H,11,20H2,1H3,(H,21,23);1H. The van der Waals surface area contributed by atoms with Crippen molar-refractivity contribution in [3.8, 4) is 0 Å². The molecule has 3 unspecified atom stereocenters. The number of hydrogen-bond donors (Lipinski definition) is 3. The maximum atomic E-state index is 12.9. The highest BCUT2D eigenvalue weighted by Crippen LogP contribution is 2.19. The monoisotopic (exact) mass is 352 g/mol. The third-order valence-corrected chi connectivity index (χ3v) is 3.86. The lowest BCUT2D eigenvalue weighted by molar-refractivity contribution is -0.125. The van der Waals surface area contributed by atoms with Gasteiger partial charge in [0.1, 0.15) is 5.82 Å². The van der Waals surface area contributed by atoms with E-state index >= 15 is 0 Å². The first-order valence-corrected chi connectivity index (χ1v) is 7.51. The highest BCUT2D eigenvalue weighted by Gasteiger charge is 2.22. The summed E-state index contributed by atoms with van der Waals surface area (Å²) in [5.41, 5.74) is 7.54. The van der Waals surface area contributed by atoms with E-state index in [1.54, 1.807) is 6.92 Å². The molecule has 0 aliphatic heterocycles. The molecule has 0 aliphatic carbocycles. The van der Waals surface area contributed by atoms with Gasteiger partial charge in [-0.05, 0) is 23.3 Å². The molecule has 0 spiro atoms. The molecule has 0 aromatic heterocycles. The molecule has 24 heavy (non-hydrogen) atoms. The number of rotatable bonds is 6. The summed E-state index contributed by atoms with van der Waals surface area (Å²) in [6, 6.07) is 14.5. The number of halogens is 2. The van der Waals surface area contributed by atoms with Crippen molar-refractivity contribution in [1.29, 1.82) is 0 Å². The summed E-state index contributed by atoms with van der Waals surface area (Å²) >= 11 is 0. The van der Waals surface area contributed by atoms with Gasteiger partial charge in [0.2, 0.25) is 5.91 Å². The molecule has 0 aliphatic rings. The van der Waals surface area contributed by atoms with E-state index in [0.29, 0.717) is 5.56 Å². The van der Waals surface area contributed by atoms with Crippen LogP contribution in [0.4, 0.5) is 4.39 Å². The van der Waals surface area contributed by atoms with Crippen molar-refractivity contribution in [2.24, 2.45) is 11.7 Å². The summed E-state index contributed by atoms with van der Waals surface area (Å²) in [5.74, 6) is -1.03. The third kappa shape index (κ3) is 5.30. The average Bonchev–Trinajstić information content (AvgIpc) is 2.59. The van der Waals surface area contributed by atoms with Crippen molar-refractivity contribution in [3.63, 3.8) is 0 Å². The van der Waals surface area contributed by atoms with Crippen LogP contribution in [-0.4, -0.2) is 17.6 Å². The Hall–Kier alpha value is -1.95. The zero-order valence-corrected chi connectivity index (χ0v) is 14.2. The van der Waals surface area contributed by atoms with Gasteiger partial charge in [-0.3, -0.25) is 4.79 Å². The van der Waals surface area contributed by atoms with Crippen molar-refractivity contribution in [2.45, 2.75) is 19.1 Å². The molecule has 6 heteroatoms. The predicted molar refractivity (Wildman–Crippen MR) is 94.2 cm³/mol. The largest absolute Gasteiger partial charge is 0.387 e. The second-order valence-corrected chi connectivity index (χ2v) is 5.54. The van der Waals surface area contributed by atoms with Crippen LogP contribution in [-0.2, 0) is 4.79 Å². The fourth-order valence-electron chi connectivity index (χ4n) is 2.29. The van der Waals surface area contributed by atoms with E-state index in [0.717, 1.165) is 5.56 Å². The third-order valence-electron chi connectivity index (χ3n) is 3.86. The highest BCUT2D eigenvalue weighted by molar-refractivity contribution is 5.85. The molecule has 0 saturated carbocycles. The minimum atomic E-state index is -0.889. The van der Waals surface area contributed by atoms with Crippen LogP contribution in [0, 0.1) is 11.7 Å². The van der Waals surface area contributed by atoms with Crippen molar-refractivity contribution in [3.05, 3.63) is 71.5 Å². The molecule has 2 rings (SSSR count). The van der Waals surface area contributed by atoms with Crippen LogP contribution in [0.25, 0.3) is 0 Å². The Bertz CT molecular complexity index is 637.